The lowest BCUT2D eigenvalue weighted by Crippen LogP contribution is -2.28. The third-order valence-electron chi connectivity index (χ3n) is 2.47. The Hall–Kier alpha value is -0.770. The summed E-state index contributed by atoms with van der Waals surface area (Å²) in [5.41, 5.74) is 0.375. The van der Waals surface area contributed by atoms with E-state index in [9.17, 15) is 4.39 Å². The fourth-order valence-corrected chi connectivity index (χ4v) is 2.07. The van der Waals surface area contributed by atoms with Gasteiger partial charge >= 0.3 is 0 Å². The number of halogens is 2. The van der Waals surface area contributed by atoms with Gasteiger partial charge in [-0.3, -0.25) is 0 Å². The number of rotatable bonds is 0. The van der Waals surface area contributed by atoms with Crippen molar-refractivity contribution in [2.75, 3.05) is 11.9 Å². The quantitative estimate of drug-likeness (QED) is 0.781. The highest BCUT2D eigenvalue weighted by Crippen LogP contribution is 2.39. The molecule has 0 aliphatic carbocycles. The number of hydrogen-bond acceptors (Lipinski definition) is 2. The molecule has 0 saturated carbocycles. The number of hydrogen-bond donors (Lipinski definition) is 1. The van der Waals surface area contributed by atoms with Crippen molar-refractivity contribution in [2.24, 2.45) is 0 Å². The Morgan fingerprint density at radius 1 is 1.47 bits per heavy atom. The molecule has 2 nitrogen and oxygen atoms in total. The number of anilines is 1. The van der Waals surface area contributed by atoms with Crippen LogP contribution in [-0.4, -0.2) is 12.1 Å². The van der Waals surface area contributed by atoms with Crippen LogP contribution in [0.15, 0.2) is 16.6 Å². The molecular formula is C11H13BrFNO. The number of benzene rings is 1. The molecule has 82 valence electrons. The van der Waals surface area contributed by atoms with Crippen molar-refractivity contribution in [3.63, 3.8) is 0 Å². The second kappa shape index (κ2) is 3.67. The molecule has 1 aliphatic heterocycles. The summed E-state index contributed by atoms with van der Waals surface area (Å²) in [6, 6.07) is 3.09. The maximum atomic E-state index is 13.6. The molecule has 0 radical (unpaired) electrons. The first-order chi connectivity index (χ1) is 6.99. The number of ether oxygens (including phenoxy) is 1. The highest BCUT2D eigenvalue weighted by molar-refractivity contribution is 9.10. The van der Waals surface area contributed by atoms with E-state index in [1.54, 1.807) is 6.07 Å². The highest BCUT2D eigenvalue weighted by atomic mass is 79.9. The van der Waals surface area contributed by atoms with E-state index in [2.05, 4.69) is 21.2 Å². The summed E-state index contributed by atoms with van der Waals surface area (Å²) < 4.78 is 20.1. The van der Waals surface area contributed by atoms with E-state index in [1.807, 2.05) is 13.8 Å². The second-order valence-electron chi connectivity index (χ2n) is 4.27. The van der Waals surface area contributed by atoms with Crippen LogP contribution in [0.1, 0.15) is 20.3 Å². The molecule has 1 aliphatic rings. The first-order valence-electron chi connectivity index (χ1n) is 4.90. The molecule has 0 spiro atoms. The molecule has 2 rings (SSSR count). The summed E-state index contributed by atoms with van der Waals surface area (Å²) in [6.07, 6.45) is 0.841. The van der Waals surface area contributed by atoms with Crippen molar-refractivity contribution in [3.8, 4) is 5.75 Å². The minimum atomic E-state index is -0.333. The second-order valence-corrected chi connectivity index (χ2v) is 5.13. The van der Waals surface area contributed by atoms with E-state index < -0.39 is 0 Å². The lowest BCUT2D eigenvalue weighted by atomic mass is 10.1. The summed E-state index contributed by atoms with van der Waals surface area (Å²) in [5, 5.41) is 3.18. The third kappa shape index (κ3) is 2.09. The predicted octanol–water partition coefficient (Wildman–Crippen LogP) is 3.56. The molecule has 0 atom stereocenters. The van der Waals surface area contributed by atoms with Crippen LogP contribution < -0.4 is 10.1 Å². The highest BCUT2D eigenvalue weighted by Gasteiger charge is 2.27. The molecule has 0 aromatic heterocycles. The fraction of sp³-hybridized carbons (Fsp3) is 0.455. The molecular weight excluding hydrogens is 261 g/mol. The Bertz CT molecular complexity index is 392. The topological polar surface area (TPSA) is 21.3 Å². The van der Waals surface area contributed by atoms with Gasteiger partial charge in [0.25, 0.3) is 0 Å². The minimum Gasteiger partial charge on any atom is -0.482 e. The molecule has 1 heterocycles. The molecule has 0 amide bonds. The van der Waals surface area contributed by atoms with Gasteiger partial charge < -0.3 is 10.1 Å². The molecule has 1 N–H and O–H groups in total. The van der Waals surface area contributed by atoms with Crippen LogP contribution in [0.2, 0.25) is 0 Å². The van der Waals surface area contributed by atoms with E-state index in [4.69, 9.17) is 4.74 Å². The van der Waals surface area contributed by atoms with Crippen molar-refractivity contribution >= 4 is 21.6 Å². The van der Waals surface area contributed by atoms with E-state index in [-0.39, 0.29) is 11.4 Å². The van der Waals surface area contributed by atoms with Crippen molar-refractivity contribution in [1.29, 1.82) is 0 Å². The van der Waals surface area contributed by atoms with Gasteiger partial charge in [-0.25, -0.2) is 4.39 Å². The van der Waals surface area contributed by atoms with Gasteiger partial charge in [-0.1, -0.05) is 0 Å². The third-order valence-corrected chi connectivity index (χ3v) is 3.13. The Morgan fingerprint density at radius 3 is 2.93 bits per heavy atom. The smallest absolute Gasteiger partial charge is 0.179 e. The fourth-order valence-electron chi connectivity index (χ4n) is 1.61. The monoisotopic (exact) mass is 273 g/mol. The summed E-state index contributed by atoms with van der Waals surface area (Å²) in [6.45, 7) is 4.70. The van der Waals surface area contributed by atoms with Crippen LogP contribution >= 0.6 is 15.9 Å². The maximum absolute atomic E-state index is 13.6. The van der Waals surface area contributed by atoms with Gasteiger partial charge in [0.05, 0.1) is 5.69 Å². The minimum absolute atomic E-state index is 0.312. The number of nitrogens with one attached hydrogen (secondary N) is 1. The maximum Gasteiger partial charge on any atom is 0.179 e. The zero-order valence-corrected chi connectivity index (χ0v) is 10.3. The van der Waals surface area contributed by atoms with Crippen molar-refractivity contribution in [2.45, 2.75) is 25.9 Å². The average molecular weight is 274 g/mol. The summed E-state index contributed by atoms with van der Waals surface area (Å²) in [5.74, 6) is -0.0115. The van der Waals surface area contributed by atoms with E-state index in [1.165, 1.54) is 6.07 Å². The molecule has 1 aromatic carbocycles. The standard InChI is InChI=1S/C11H13BrFNO/c1-11(2)5-6-14-9-7(12)3-4-8(13)10(9)15-11/h3-4,14H,5-6H2,1-2H3. The molecule has 1 aromatic rings. The Kier molecular flexibility index (Phi) is 2.63. The van der Waals surface area contributed by atoms with Crippen LogP contribution in [0.4, 0.5) is 10.1 Å². The molecule has 15 heavy (non-hydrogen) atoms. The van der Waals surface area contributed by atoms with Crippen LogP contribution in [-0.2, 0) is 0 Å². The molecule has 0 saturated heterocycles. The lowest BCUT2D eigenvalue weighted by molar-refractivity contribution is 0.103. The van der Waals surface area contributed by atoms with Crippen LogP contribution in [0.25, 0.3) is 0 Å². The van der Waals surface area contributed by atoms with Crippen LogP contribution in [0.3, 0.4) is 0 Å². The summed E-state index contributed by atoms with van der Waals surface area (Å²) in [4.78, 5) is 0. The summed E-state index contributed by atoms with van der Waals surface area (Å²) in [7, 11) is 0. The largest absolute Gasteiger partial charge is 0.482 e. The van der Waals surface area contributed by atoms with Crippen LogP contribution in [0.5, 0.6) is 5.75 Å². The SMILES string of the molecule is CC1(C)CCNc2c(Br)ccc(F)c2O1. The first kappa shape index (κ1) is 10.7. The van der Waals surface area contributed by atoms with Gasteiger partial charge in [0, 0.05) is 17.4 Å². The Balaban J connectivity index is 2.51. The summed E-state index contributed by atoms with van der Waals surface area (Å²) >= 11 is 3.38. The average Bonchev–Trinajstić information content (AvgIpc) is 2.31. The van der Waals surface area contributed by atoms with Crippen molar-refractivity contribution in [1.82, 2.24) is 0 Å². The van der Waals surface area contributed by atoms with Gasteiger partial charge in [-0.15, -0.1) is 0 Å². The van der Waals surface area contributed by atoms with Crippen molar-refractivity contribution in [3.05, 3.63) is 22.4 Å². The molecule has 0 fully saturated rings. The van der Waals surface area contributed by atoms with E-state index in [0.29, 0.717) is 11.4 Å². The predicted molar refractivity (Wildman–Crippen MR) is 61.9 cm³/mol. The van der Waals surface area contributed by atoms with Gasteiger partial charge in [0.2, 0.25) is 0 Å². The van der Waals surface area contributed by atoms with Gasteiger partial charge in [0.1, 0.15) is 5.60 Å². The first-order valence-corrected chi connectivity index (χ1v) is 5.70. The zero-order valence-electron chi connectivity index (χ0n) is 8.73. The van der Waals surface area contributed by atoms with Gasteiger partial charge in [0.15, 0.2) is 11.6 Å². The van der Waals surface area contributed by atoms with Gasteiger partial charge in [-0.2, -0.15) is 0 Å². The number of fused-ring (bicyclic) bond motifs is 1. The van der Waals surface area contributed by atoms with Crippen molar-refractivity contribution < 1.29 is 9.13 Å². The Labute approximate surface area is 96.9 Å². The Morgan fingerprint density at radius 2 is 2.20 bits per heavy atom. The molecule has 4 heteroatoms. The molecule has 0 unspecified atom stereocenters. The van der Waals surface area contributed by atoms with E-state index >= 15 is 0 Å². The van der Waals surface area contributed by atoms with Gasteiger partial charge in [-0.05, 0) is 41.9 Å². The van der Waals surface area contributed by atoms with Crippen LogP contribution in [0, 0.1) is 5.82 Å². The zero-order chi connectivity index (χ0) is 11.1. The molecule has 0 bridgehead atoms. The van der Waals surface area contributed by atoms with E-state index in [0.717, 1.165) is 17.4 Å². The lowest BCUT2D eigenvalue weighted by Gasteiger charge is -2.24. The normalized spacial score (nSPS) is 18.4.